The molecule has 0 spiro atoms. The summed E-state index contributed by atoms with van der Waals surface area (Å²) in [6, 6.07) is 10.3. The second kappa shape index (κ2) is 6.24. The van der Waals surface area contributed by atoms with E-state index in [1.54, 1.807) is 6.07 Å². The first-order valence-corrected chi connectivity index (χ1v) is 7.08. The van der Waals surface area contributed by atoms with E-state index in [4.69, 9.17) is 11.6 Å². The molecule has 4 nitrogen and oxygen atoms in total. The van der Waals surface area contributed by atoms with Crippen molar-refractivity contribution >= 4 is 38.9 Å². The number of hydrogen-bond acceptors (Lipinski definition) is 3. The highest BCUT2D eigenvalue weighted by atomic mass is 79.9. The maximum atomic E-state index is 10.8. The van der Waals surface area contributed by atoms with E-state index in [9.17, 15) is 10.1 Å². The molecule has 0 saturated carbocycles. The fourth-order valence-electron chi connectivity index (χ4n) is 1.80. The number of hydrogen-bond donors (Lipinski definition) is 1. The molecular weight excluding hydrogens is 344 g/mol. The lowest BCUT2D eigenvalue weighted by Gasteiger charge is -2.11. The van der Waals surface area contributed by atoms with Crippen molar-refractivity contribution < 1.29 is 4.92 Å². The summed E-state index contributed by atoms with van der Waals surface area (Å²) in [7, 11) is 0. The van der Waals surface area contributed by atoms with E-state index < -0.39 is 4.92 Å². The average molecular weight is 356 g/mol. The number of nitrogens with zero attached hydrogens (tertiary/aromatic N) is 1. The Balaban J connectivity index is 2.20. The van der Waals surface area contributed by atoms with Gasteiger partial charge in [0.1, 0.15) is 0 Å². The van der Waals surface area contributed by atoms with Gasteiger partial charge < -0.3 is 5.32 Å². The van der Waals surface area contributed by atoms with Crippen molar-refractivity contribution in [1.29, 1.82) is 0 Å². The first-order valence-electron chi connectivity index (χ1n) is 5.91. The number of benzene rings is 2. The molecular formula is C14H12BrClN2O2. The van der Waals surface area contributed by atoms with Crippen LogP contribution >= 0.6 is 27.5 Å². The van der Waals surface area contributed by atoms with Crippen LogP contribution in [0.4, 0.5) is 11.4 Å². The maximum Gasteiger partial charge on any atom is 0.269 e. The van der Waals surface area contributed by atoms with Crippen molar-refractivity contribution in [2.75, 3.05) is 5.32 Å². The summed E-state index contributed by atoms with van der Waals surface area (Å²) >= 11 is 9.53. The molecule has 2 aromatic carbocycles. The third-order valence-electron chi connectivity index (χ3n) is 2.98. The van der Waals surface area contributed by atoms with Gasteiger partial charge in [-0.05, 0) is 36.2 Å². The molecule has 104 valence electrons. The minimum atomic E-state index is -0.426. The van der Waals surface area contributed by atoms with Crippen LogP contribution in [0.2, 0.25) is 5.02 Å². The molecule has 2 rings (SSSR count). The Morgan fingerprint density at radius 2 is 2.10 bits per heavy atom. The van der Waals surface area contributed by atoms with Crippen LogP contribution in [0.25, 0.3) is 0 Å². The van der Waals surface area contributed by atoms with Gasteiger partial charge >= 0.3 is 0 Å². The molecule has 0 atom stereocenters. The van der Waals surface area contributed by atoms with Crippen LogP contribution in [0.1, 0.15) is 11.1 Å². The van der Waals surface area contributed by atoms with Crippen LogP contribution in [0.5, 0.6) is 0 Å². The zero-order chi connectivity index (χ0) is 14.7. The van der Waals surface area contributed by atoms with E-state index in [-0.39, 0.29) is 5.69 Å². The van der Waals surface area contributed by atoms with Crippen LogP contribution in [0.3, 0.4) is 0 Å². The van der Waals surface area contributed by atoms with Crippen molar-refractivity contribution in [3.63, 3.8) is 0 Å². The molecule has 0 amide bonds. The summed E-state index contributed by atoms with van der Waals surface area (Å²) < 4.78 is 1.01. The van der Waals surface area contributed by atoms with E-state index in [2.05, 4.69) is 21.2 Å². The number of non-ortho nitro benzene ring substituents is 1. The summed E-state index contributed by atoms with van der Waals surface area (Å²) in [5.74, 6) is 0. The molecule has 20 heavy (non-hydrogen) atoms. The second-order valence-corrected chi connectivity index (χ2v) is 5.56. The SMILES string of the molecule is Cc1c(Br)cccc1NCc1cc([N+](=O)[O-])ccc1Cl. The highest BCUT2D eigenvalue weighted by Gasteiger charge is 2.10. The highest BCUT2D eigenvalue weighted by Crippen LogP contribution is 2.26. The summed E-state index contributed by atoms with van der Waals surface area (Å²) in [5.41, 5.74) is 2.77. The van der Waals surface area contributed by atoms with Gasteiger partial charge in [-0.1, -0.05) is 33.6 Å². The molecule has 0 aromatic heterocycles. The van der Waals surface area contributed by atoms with Gasteiger partial charge in [-0.2, -0.15) is 0 Å². The fourth-order valence-corrected chi connectivity index (χ4v) is 2.35. The Morgan fingerprint density at radius 1 is 1.35 bits per heavy atom. The van der Waals surface area contributed by atoms with Gasteiger partial charge in [0.15, 0.2) is 0 Å². The third kappa shape index (κ3) is 3.29. The predicted molar refractivity (Wildman–Crippen MR) is 84.3 cm³/mol. The van der Waals surface area contributed by atoms with Crippen molar-refractivity contribution in [3.8, 4) is 0 Å². The van der Waals surface area contributed by atoms with Crippen LogP contribution < -0.4 is 5.32 Å². The molecule has 0 aliphatic heterocycles. The Bertz CT molecular complexity index is 662. The Morgan fingerprint density at radius 3 is 2.80 bits per heavy atom. The Kier molecular flexibility index (Phi) is 4.62. The van der Waals surface area contributed by atoms with E-state index in [1.807, 2.05) is 25.1 Å². The second-order valence-electron chi connectivity index (χ2n) is 4.30. The molecule has 0 aliphatic rings. The largest absolute Gasteiger partial charge is 0.381 e. The van der Waals surface area contributed by atoms with Crippen LogP contribution in [0.15, 0.2) is 40.9 Å². The topological polar surface area (TPSA) is 55.2 Å². The van der Waals surface area contributed by atoms with E-state index in [0.717, 1.165) is 15.7 Å². The van der Waals surface area contributed by atoms with Gasteiger partial charge in [-0.25, -0.2) is 0 Å². The molecule has 0 saturated heterocycles. The summed E-state index contributed by atoms with van der Waals surface area (Å²) in [6.45, 7) is 2.42. The van der Waals surface area contributed by atoms with Crippen molar-refractivity contribution in [1.82, 2.24) is 0 Å². The molecule has 0 fully saturated rings. The average Bonchev–Trinajstić information content (AvgIpc) is 2.41. The lowest BCUT2D eigenvalue weighted by atomic mass is 10.1. The van der Waals surface area contributed by atoms with Crippen molar-refractivity contribution in [2.45, 2.75) is 13.5 Å². The van der Waals surface area contributed by atoms with Crippen molar-refractivity contribution in [3.05, 3.63) is 67.1 Å². The monoisotopic (exact) mass is 354 g/mol. The standard InChI is InChI=1S/C14H12BrClN2O2/c1-9-12(15)3-2-4-14(9)17-8-10-7-11(18(19)20)5-6-13(10)16/h2-7,17H,8H2,1H3. The first kappa shape index (κ1) is 14.8. The predicted octanol–water partition coefficient (Wildman–Crippen LogP) is 4.93. The quantitative estimate of drug-likeness (QED) is 0.625. The van der Waals surface area contributed by atoms with Gasteiger partial charge in [0.25, 0.3) is 5.69 Å². The molecule has 0 unspecified atom stereocenters. The van der Waals surface area contributed by atoms with Crippen LogP contribution in [-0.4, -0.2) is 4.92 Å². The maximum absolute atomic E-state index is 10.8. The van der Waals surface area contributed by atoms with Crippen molar-refractivity contribution in [2.24, 2.45) is 0 Å². The summed E-state index contributed by atoms with van der Waals surface area (Å²) in [4.78, 5) is 10.3. The van der Waals surface area contributed by atoms with Gasteiger partial charge in [0.2, 0.25) is 0 Å². The third-order valence-corrected chi connectivity index (χ3v) is 4.20. The van der Waals surface area contributed by atoms with Gasteiger partial charge in [0.05, 0.1) is 4.92 Å². The van der Waals surface area contributed by atoms with Gasteiger partial charge in [-0.3, -0.25) is 10.1 Å². The normalized spacial score (nSPS) is 10.3. The van der Waals surface area contributed by atoms with Crippen LogP contribution in [0, 0.1) is 17.0 Å². The van der Waals surface area contributed by atoms with Crippen LogP contribution in [-0.2, 0) is 6.54 Å². The van der Waals surface area contributed by atoms with E-state index in [0.29, 0.717) is 17.1 Å². The molecule has 1 N–H and O–H groups in total. The smallest absolute Gasteiger partial charge is 0.269 e. The zero-order valence-electron chi connectivity index (χ0n) is 10.7. The molecule has 2 aromatic rings. The Labute approximate surface area is 130 Å². The first-order chi connectivity index (χ1) is 9.49. The summed E-state index contributed by atoms with van der Waals surface area (Å²) in [6.07, 6.45) is 0. The number of halogens is 2. The number of nitro benzene ring substituents is 1. The molecule has 6 heteroatoms. The number of anilines is 1. The number of nitro groups is 1. The molecule has 0 bridgehead atoms. The lowest BCUT2D eigenvalue weighted by Crippen LogP contribution is -2.02. The number of rotatable bonds is 4. The summed E-state index contributed by atoms with van der Waals surface area (Å²) in [5, 5.41) is 14.5. The van der Waals surface area contributed by atoms with Gasteiger partial charge in [0, 0.05) is 33.9 Å². The number of nitrogens with one attached hydrogen (secondary N) is 1. The fraction of sp³-hybridized carbons (Fsp3) is 0.143. The lowest BCUT2D eigenvalue weighted by molar-refractivity contribution is -0.384. The zero-order valence-corrected chi connectivity index (χ0v) is 13.0. The highest BCUT2D eigenvalue weighted by molar-refractivity contribution is 9.10. The van der Waals surface area contributed by atoms with E-state index in [1.165, 1.54) is 12.1 Å². The molecule has 0 aliphatic carbocycles. The minimum absolute atomic E-state index is 0.0390. The Hall–Kier alpha value is -1.59. The van der Waals surface area contributed by atoms with Gasteiger partial charge in [-0.15, -0.1) is 0 Å². The minimum Gasteiger partial charge on any atom is -0.381 e. The molecule has 0 heterocycles. The van der Waals surface area contributed by atoms with E-state index >= 15 is 0 Å². The molecule has 0 radical (unpaired) electrons.